The summed E-state index contributed by atoms with van der Waals surface area (Å²) in [6.07, 6.45) is 6.43. The Morgan fingerprint density at radius 3 is 3.00 bits per heavy atom. The lowest BCUT2D eigenvalue weighted by molar-refractivity contribution is 0.103. The molecule has 2 unspecified atom stereocenters. The van der Waals surface area contributed by atoms with Crippen LogP contribution in [0.2, 0.25) is 0 Å². The second kappa shape index (κ2) is 5.99. The maximum absolute atomic E-state index is 5.95. The van der Waals surface area contributed by atoms with Crippen molar-refractivity contribution in [1.82, 2.24) is 9.80 Å². The minimum Gasteiger partial charge on any atom is -0.328 e. The van der Waals surface area contributed by atoms with Crippen molar-refractivity contribution in [3.63, 3.8) is 0 Å². The Bertz CT molecular complexity index is 207. The van der Waals surface area contributed by atoms with Crippen molar-refractivity contribution in [3.8, 4) is 0 Å². The maximum atomic E-state index is 5.95. The molecule has 0 spiro atoms. The van der Waals surface area contributed by atoms with E-state index in [1.807, 2.05) is 0 Å². The van der Waals surface area contributed by atoms with Crippen LogP contribution >= 0.6 is 0 Å². The molecule has 0 amide bonds. The molecule has 2 fully saturated rings. The Morgan fingerprint density at radius 2 is 2.19 bits per heavy atom. The molecular weight excluding hydrogens is 198 g/mol. The molecule has 0 aromatic rings. The van der Waals surface area contributed by atoms with Crippen LogP contribution < -0.4 is 5.73 Å². The van der Waals surface area contributed by atoms with Gasteiger partial charge in [0.1, 0.15) is 0 Å². The van der Waals surface area contributed by atoms with Crippen LogP contribution in [0.4, 0.5) is 0 Å². The predicted molar refractivity (Wildman–Crippen MR) is 68.5 cm³/mol. The molecule has 3 nitrogen and oxygen atoms in total. The van der Waals surface area contributed by atoms with Crippen LogP contribution in [0.5, 0.6) is 0 Å². The van der Waals surface area contributed by atoms with E-state index in [1.54, 1.807) is 0 Å². The zero-order valence-corrected chi connectivity index (χ0v) is 10.7. The second-order valence-electron chi connectivity index (χ2n) is 5.44. The number of nitrogens with two attached hydrogens (primary N) is 1. The van der Waals surface area contributed by atoms with Crippen LogP contribution in [0.1, 0.15) is 39.0 Å². The monoisotopic (exact) mass is 225 g/mol. The Kier molecular flexibility index (Phi) is 4.62. The first-order valence-electron chi connectivity index (χ1n) is 7.01. The molecule has 2 saturated heterocycles. The van der Waals surface area contributed by atoms with Crippen molar-refractivity contribution in [3.05, 3.63) is 0 Å². The number of rotatable bonds is 5. The molecule has 2 atom stereocenters. The Hall–Kier alpha value is -0.120. The van der Waals surface area contributed by atoms with Gasteiger partial charge in [-0.1, -0.05) is 6.92 Å². The topological polar surface area (TPSA) is 32.5 Å². The average Bonchev–Trinajstić information content (AvgIpc) is 2.76. The van der Waals surface area contributed by atoms with Crippen molar-refractivity contribution in [2.45, 2.75) is 51.1 Å². The zero-order valence-electron chi connectivity index (χ0n) is 10.7. The van der Waals surface area contributed by atoms with Gasteiger partial charge in [-0.3, -0.25) is 4.90 Å². The third-order valence-electron chi connectivity index (χ3n) is 4.25. The number of fused-ring (bicyclic) bond motifs is 1. The third kappa shape index (κ3) is 3.19. The van der Waals surface area contributed by atoms with Gasteiger partial charge < -0.3 is 10.6 Å². The van der Waals surface area contributed by atoms with E-state index in [2.05, 4.69) is 16.7 Å². The van der Waals surface area contributed by atoms with E-state index in [0.717, 1.165) is 12.5 Å². The van der Waals surface area contributed by atoms with Crippen molar-refractivity contribution in [1.29, 1.82) is 0 Å². The fourth-order valence-electron chi connectivity index (χ4n) is 3.04. The first-order chi connectivity index (χ1) is 7.79. The Labute approximate surface area is 100.0 Å². The van der Waals surface area contributed by atoms with Gasteiger partial charge in [0.25, 0.3) is 0 Å². The molecular formula is C13H27N3. The van der Waals surface area contributed by atoms with Gasteiger partial charge in [-0.15, -0.1) is 0 Å². The molecule has 2 heterocycles. The Morgan fingerprint density at radius 1 is 1.31 bits per heavy atom. The normalized spacial score (nSPS) is 29.2. The summed E-state index contributed by atoms with van der Waals surface area (Å²) in [5.41, 5.74) is 5.95. The molecule has 0 aliphatic carbocycles. The summed E-state index contributed by atoms with van der Waals surface area (Å²) >= 11 is 0. The molecule has 0 aromatic carbocycles. The van der Waals surface area contributed by atoms with Crippen molar-refractivity contribution < 1.29 is 0 Å². The van der Waals surface area contributed by atoms with Gasteiger partial charge in [-0.2, -0.15) is 0 Å². The molecule has 16 heavy (non-hydrogen) atoms. The van der Waals surface area contributed by atoms with Crippen LogP contribution in [0.3, 0.4) is 0 Å². The summed E-state index contributed by atoms with van der Waals surface area (Å²) in [5.74, 6) is 0. The van der Waals surface area contributed by atoms with E-state index in [4.69, 9.17) is 5.73 Å². The Balaban J connectivity index is 1.63. The maximum Gasteiger partial charge on any atom is 0.0224 e. The van der Waals surface area contributed by atoms with Gasteiger partial charge in [0.15, 0.2) is 0 Å². The predicted octanol–water partition coefficient (Wildman–Crippen LogP) is 1.28. The molecule has 2 aliphatic heterocycles. The van der Waals surface area contributed by atoms with E-state index < -0.39 is 0 Å². The van der Waals surface area contributed by atoms with E-state index in [-0.39, 0.29) is 0 Å². The quantitative estimate of drug-likeness (QED) is 0.765. The SMILES string of the molecule is CCC(N)CCCN1CCN2CCCC2C1. The number of hydrogen-bond acceptors (Lipinski definition) is 3. The highest BCUT2D eigenvalue weighted by Gasteiger charge is 2.29. The molecule has 0 bridgehead atoms. The van der Waals surface area contributed by atoms with Crippen molar-refractivity contribution >= 4 is 0 Å². The van der Waals surface area contributed by atoms with E-state index in [0.29, 0.717) is 6.04 Å². The first kappa shape index (κ1) is 12.3. The second-order valence-corrected chi connectivity index (χ2v) is 5.44. The third-order valence-corrected chi connectivity index (χ3v) is 4.25. The van der Waals surface area contributed by atoms with Crippen LogP contribution in [-0.2, 0) is 0 Å². The van der Waals surface area contributed by atoms with Gasteiger partial charge >= 0.3 is 0 Å². The van der Waals surface area contributed by atoms with Crippen LogP contribution in [0.25, 0.3) is 0 Å². The minimum atomic E-state index is 0.424. The van der Waals surface area contributed by atoms with Gasteiger partial charge in [0.05, 0.1) is 0 Å². The summed E-state index contributed by atoms with van der Waals surface area (Å²) in [6, 6.07) is 1.29. The van der Waals surface area contributed by atoms with Gasteiger partial charge in [-0.05, 0) is 45.2 Å². The lowest BCUT2D eigenvalue weighted by Gasteiger charge is -2.37. The fraction of sp³-hybridized carbons (Fsp3) is 1.00. The number of hydrogen-bond donors (Lipinski definition) is 1. The molecule has 3 heteroatoms. The molecule has 2 N–H and O–H groups in total. The van der Waals surface area contributed by atoms with Crippen molar-refractivity contribution in [2.75, 3.05) is 32.7 Å². The molecule has 2 aliphatic rings. The zero-order chi connectivity index (χ0) is 11.4. The summed E-state index contributed by atoms with van der Waals surface area (Å²) in [6.45, 7) is 8.67. The highest BCUT2D eigenvalue weighted by molar-refractivity contribution is 4.86. The summed E-state index contributed by atoms with van der Waals surface area (Å²) in [5, 5.41) is 0. The van der Waals surface area contributed by atoms with Crippen LogP contribution in [0, 0.1) is 0 Å². The standard InChI is InChI=1S/C13H27N3/c1-2-12(14)5-3-7-15-9-10-16-8-4-6-13(16)11-15/h12-13H,2-11,14H2,1H3. The van der Waals surface area contributed by atoms with Crippen LogP contribution in [0.15, 0.2) is 0 Å². The smallest absolute Gasteiger partial charge is 0.0224 e. The fourth-order valence-corrected chi connectivity index (χ4v) is 3.04. The largest absolute Gasteiger partial charge is 0.328 e. The summed E-state index contributed by atoms with van der Waals surface area (Å²) in [4.78, 5) is 5.32. The first-order valence-corrected chi connectivity index (χ1v) is 7.01. The number of nitrogens with zero attached hydrogens (tertiary/aromatic N) is 2. The molecule has 0 saturated carbocycles. The lowest BCUT2D eigenvalue weighted by atomic mass is 10.1. The van der Waals surface area contributed by atoms with Crippen molar-refractivity contribution in [2.24, 2.45) is 5.73 Å². The molecule has 0 aromatic heterocycles. The van der Waals surface area contributed by atoms with Gasteiger partial charge in [-0.25, -0.2) is 0 Å². The molecule has 0 radical (unpaired) electrons. The average molecular weight is 225 g/mol. The highest BCUT2D eigenvalue weighted by atomic mass is 15.3. The molecule has 94 valence electrons. The van der Waals surface area contributed by atoms with Gasteiger partial charge in [0, 0.05) is 31.7 Å². The van der Waals surface area contributed by atoms with Crippen LogP contribution in [-0.4, -0.2) is 54.6 Å². The molecule has 2 rings (SSSR count). The van der Waals surface area contributed by atoms with E-state index >= 15 is 0 Å². The van der Waals surface area contributed by atoms with Gasteiger partial charge in [0.2, 0.25) is 0 Å². The highest BCUT2D eigenvalue weighted by Crippen LogP contribution is 2.21. The minimum absolute atomic E-state index is 0.424. The summed E-state index contributed by atoms with van der Waals surface area (Å²) < 4.78 is 0. The summed E-state index contributed by atoms with van der Waals surface area (Å²) in [7, 11) is 0. The van der Waals surface area contributed by atoms with E-state index in [9.17, 15) is 0 Å². The lowest BCUT2D eigenvalue weighted by Crippen LogP contribution is -2.50. The van der Waals surface area contributed by atoms with E-state index in [1.165, 1.54) is 58.4 Å². The number of piperazine rings is 1.